The molecule has 1 saturated carbocycles. The quantitative estimate of drug-likeness (QED) is 0.793. The van der Waals surface area contributed by atoms with Gasteiger partial charge in [-0.1, -0.05) is 24.3 Å². The van der Waals surface area contributed by atoms with Crippen LogP contribution >= 0.6 is 11.3 Å². The van der Waals surface area contributed by atoms with Crippen molar-refractivity contribution in [1.82, 2.24) is 4.90 Å². The largest absolute Gasteiger partial charge is 0.488 e. The summed E-state index contributed by atoms with van der Waals surface area (Å²) in [6.45, 7) is 1.83. The van der Waals surface area contributed by atoms with Crippen LogP contribution < -0.4 is 5.46 Å². The topological polar surface area (TPSA) is 43.7 Å². The number of nitrogens with zero attached hydrogens (tertiary/aromatic N) is 1. The molecule has 5 heteroatoms. The monoisotopic (exact) mass is 287 g/mol. The predicted molar refractivity (Wildman–Crippen MR) is 82.9 cm³/mol. The molecule has 3 nitrogen and oxygen atoms in total. The summed E-state index contributed by atoms with van der Waals surface area (Å²) >= 11 is 1.73. The molecule has 0 unspecified atom stereocenters. The van der Waals surface area contributed by atoms with Gasteiger partial charge in [0.25, 0.3) is 0 Å². The van der Waals surface area contributed by atoms with Crippen molar-refractivity contribution in [3.8, 4) is 0 Å². The predicted octanol–water partition coefficient (Wildman–Crippen LogP) is 1.59. The van der Waals surface area contributed by atoms with Crippen LogP contribution in [0.25, 0.3) is 0 Å². The first-order valence-electron chi connectivity index (χ1n) is 6.92. The molecule has 2 N–H and O–H groups in total. The van der Waals surface area contributed by atoms with Crippen molar-refractivity contribution in [3.63, 3.8) is 0 Å². The van der Waals surface area contributed by atoms with E-state index >= 15 is 0 Å². The van der Waals surface area contributed by atoms with Gasteiger partial charge in [0.15, 0.2) is 0 Å². The minimum atomic E-state index is -1.39. The highest BCUT2D eigenvalue weighted by molar-refractivity contribution is 7.07. The summed E-state index contributed by atoms with van der Waals surface area (Å²) < 4.78 is 0. The summed E-state index contributed by atoms with van der Waals surface area (Å²) in [7, 11) is -1.39. The fraction of sp³-hybridized carbons (Fsp3) is 0.333. The minimum Gasteiger partial charge on any atom is -0.423 e. The van der Waals surface area contributed by atoms with Crippen molar-refractivity contribution in [3.05, 3.63) is 52.2 Å². The lowest BCUT2D eigenvalue weighted by molar-refractivity contribution is 0.246. The van der Waals surface area contributed by atoms with Gasteiger partial charge in [0.05, 0.1) is 0 Å². The molecule has 1 aliphatic carbocycles. The van der Waals surface area contributed by atoms with Crippen LogP contribution in [-0.2, 0) is 13.1 Å². The second kappa shape index (κ2) is 6.10. The van der Waals surface area contributed by atoms with Crippen LogP contribution in [0.4, 0.5) is 0 Å². The molecule has 104 valence electrons. The molecule has 1 heterocycles. The fourth-order valence-corrected chi connectivity index (χ4v) is 3.12. The zero-order chi connectivity index (χ0) is 13.9. The van der Waals surface area contributed by atoms with Crippen LogP contribution in [0.15, 0.2) is 41.1 Å². The van der Waals surface area contributed by atoms with Gasteiger partial charge in [0, 0.05) is 19.1 Å². The summed E-state index contributed by atoms with van der Waals surface area (Å²) in [6.07, 6.45) is 2.54. The molecule has 0 spiro atoms. The van der Waals surface area contributed by atoms with Crippen molar-refractivity contribution in [2.75, 3.05) is 0 Å². The standard InChI is InChI=1S/C15H18BNO2S/c18-16(19)14-3-1-2-12(8-14)9-17(15-4-5-15)10-13-6-7-20-11-13/h1-3,6-8,11,15,18-19H,4-5,9-10H2. The number of hydrogen-bond acceptors (Lipinski definition) is 4. The molecular formula is C15H18BNO2S. The van der Waals surface area contributed by atoms with E-state index in [0.29, 0.717) is 11.5 Å². The molecule has 0 amide bonds. The molecule has 0 bridgehead atoms. The average molecular weight is 287 g/mol. The van der Waals surface area contributed by atoms with Gasteiger partial charge in [0.1, 0.15) is 0 Å². The van der Waals surface area contributed by atoms with Crippen molar-refractivity contribution in [2.45, 2.75) is 32.0 Å². The van der Waals surface area contributed by atoms with Gasteiger partial charge in [0.2, 0.25) is 0 Å². The third-order valence-electron chi connectivity index (χ3n) is 3.66. The third-order valence-corrected chi connectivity index (χ3v) is 4.40. The zero-order valence-corrected chi connectivity index (χ0v) is 12.1. The SMILES string of the molecule is OB(O)c1cccc(CN(Cc2ccsc2)C2CC2)c1. The Hall–Kier alpha value is -1.14. The lowest BCUT2D eigenvalue weighted by Crippen LogP contribution is -2.31. The van der Waals surface area contributed by atoms with Crippen LogP contribution in [0.3, 0.4) is 0 Å². The molecule has 0 saturated heterocycles. The minimum absolute atomic E-state index is 0.564. The van der Waals surface area contributed by atoms with E-state index in [1.807, 2.05) is 12.1 Å². The van der Waals surface area contributed by atoms with Gasteiger partial charge in [-0.2, -0.15) is 11.3 Å². The van der Waals surface area contributed by atoms with E-state index in [2.05, 4.69) is 27.8 Å². The molecule has 3 rings (SSSR count). The van der Waals surface area contributed by atoms with Crippen molar-refractivity contribution >= 4 is 23.9 Å². The normalized spacial score (nSPS) is 14.8. The van der Waals surface area contributed by atoms with Gasteiger partial charge in [-0.15, -0.1) is 0 Å². The Morgan fingerprint density at radius 3 is 2.60 bits per heavy atom. The van der Waals surface area contributed by atoms with E-state index in [1.54, 1.807) is 17.4 Å². The van der Waals surface area contributed by atoms with Gasteiger partial charge in [-0.05, 0) is 46.3 Å². The van der Waals surface area contributed by atoms with E-state index in [9.17, 15) is 10.0 Å². The Morgan fingerprint density at radius 2 is 1.95 bits per heavy atom. The fourth-order valence-electron chi connectivity index (χ4n) is 2.46. The summed E-state index contributed by atoms with van der Waals surface area (Å²) in [5.74, 6) is 0. The summed E-state index contributed by atoms with van der Waals surface area (Å²) in [6, 6.07) is 10.4. The highest BCUT2D eigenvalue weighted by Gasteiger charge is 2.29. The summed E-state index contributed by atoms with van der Waals surface area (Å²) in [4.78, 5) is 2.48. The van der Waals surface area contributed by atoms with Crippen LogP contribution in [-0.4, -0.2) is 28.1 Å². The Labute approximate surface area is 123 Å². The Balaban J connectivity index is 1.71. The molecule has 1 aromatic heterocycles. The average Bonchev–Trinajstić information content (AvgIpc) is 3.17. The lowest BCUT2D eigenvalue weighted by Gasteiger charge is -2.22. The first-order chi connectivity index (χ1) is 9.72. The van der Waals surface area contributed by atoms with Crippen LogP contribution in [0, 0.1) is 0 Å². The first-order valence-corrected chi connectivity index (χ1v) is 7.87. The maximum absolute atomic E-state index is 9.25. The van der Waals surface area contributed by atoms with Crippen molar-refractivity contribution < 1.29 is 10.0 Å². The van der Waals surface area contributed by atoms with Gasteiger partial charge in [-0.25, -0.2) is 0 Å². The van der Waals surface area contributed by atoms with E-state index in [0.717, 1.165) is 18.7 Å². The highest BCUT2D eigenvalue weighted by Crippen LogP contribution is 2.30. The maximum atomic E-state index is 9.25. The number of hydrogen-bond donors (Lipinski definition) is 2. The summed E-state index contributed by atoms with van der Waals surface area (Å²) in [5.41, 5.74) is 3.06. The molecule has 20 heavy (non-hydrogen) atoms. The van der Waals surface area contributed by atoms with E-state index in [-0.39, 0.29) is 0 Å². The third kappa shape index (κ3) is 3.49. The molecule has 2 aromatic rings. The van der Waals surface area contributed by atoms with E-state index < -0.39 is 7.12 Å². The lowest BCUT2D eigenvalue weighted by atomic mass is 9.79. The molecule has 1 fully saturated rings. The smallest absolute Gasteiger partial charge is 0.423 e. The number of benzene rings is 1. The second-order valence-corrected chi connectivity index (χ2v) is 6.17. The maximum Gasteiger partial charge on any atom is 0.488 e. The highest BCUT2D eigenvalue weighted by atomic mass is 32.1. The Morgan fingerprint density at radius 1 is 1.15 bits per heavy atom. The molecule has 0 aliphatic heterocycles. The van der Waals surface area contributed by atoms with Gasteiger partial charge in [-0.3, -0.25) is 4.90 Å². The number of thiophene rings is 1. The zero-order valence-electron chi connectivity index (χ0n) is 11.3. The Kier molecular flexibility index (Phi) is 4.22. The van der Waals surface area contributed by atoms with Gasteiger partial charge < -0.3 is 10.0 Å². The molecule has 1 aromatic carbocycles. The van der Waals surface area contributed by atoms with Crippen LogP contribution in [0.2, 0.25) is 0 Å². The Bertz CT molecular complexity index is 555. The van der Waals surface area contributed by atoms with Crippen molar-refractivity contribution in [2.24, 2.45) is 0 Å². The van der Waals surface area contributed by atoms with E-state index in [1.165, 1.54) is 18.4 Å². The second-order valence-electron chi connectivity index (χ2n) is 5.39. The van der Waals surface area contributed by atoms with Crippen LogP contribution in [0.1, 0.15) is 24.0 Å². The van der Waals surface area contributed by atoms with Crippen LogP contribution in [0.5, 0.6) is 0 Å². The molecule has 0 radical (unpaired) electrons. The first kappa shape index (κ1) is 13.8. The summed E-state index contributed by atoms with van der Waals surface area (Å²) in [5, 5.41) is 22.8. The van der Waals surface area contributed by atoms with Crippen molar-refractivity contribution in [1.29, 1.82) is 0 Å². The number of rotatable bonds is 6. The molecule has 1 aliphatic rings. The molecular weight excluding hydrogens is 269 g/mol. The van der Waals surface area contributed by atoms with Gasteiger partial charge >= 0.3 is 7.12 Å². The molecule has 0 atom stereocenters. The van der Waals surface area contributed by atoms with E-state index in [4.69, 9.17) is 0 Å².